The van der Waals surface area contributed by atoms with E-state index in [1.165, 1.54) is 11.1 Å². The first-order valence-corrected chi connectivity index (χ1v) is 11.7. The highest BCUT2D eigenvalue weighted by atomic mass is 35.5. The first kappa shape index (κ1) is 25.8. The summed E-state index contributed by atoms with van der Waals surface area (Å²) in [5, 5.41) is 0.576. The minimum absolute atomic E-state index is 0.278. The summed E-state index contributed by atoms with van der Waals surface area (Å²) in [5.41, 5.74) is 2.86. The van der Waals surface area contributed by atoms with Gasteiger partial charge in [-0.25, -0.2) is 4.79 Å². The number of para-hydroxylation sites is 1. The fourth-order valence-corrected chi connectivity index (χ4v) is 3.66. The smallest absolute Gasteiger partial charge is 0.455 e. The molecule has 1 aliphatic rings. The summed E-state index contributed by atoms with van der Waals surface area (Å²) in [7, 11) is 0. The van der Waals surface area contributed by atoms with E-state index in [9.17, 15) is 4.79 Å². The molecule has 0 saturated heterocycles. The number of fused-ring (bicyclic) bond motifs is 1. The van der Waals surface area contributed by atoms with E-state index in [2.05, 4.69) is 19.1 Å². The van der Waals surface area contributed by atoms with E-state index >= 15 is 0 Å². The normalized spacial score (nSPS) is 15.3. The van der Waals surface area contributed by atoms with E-state index in [0.717, 1.165) is 24.2 Å². The van der Waals surface area contributed by atoms with Crippen molar-refractivity contribution in [2.24, 2.45) is 0 Å². The van der Waals surface area contributed by atoms with Gasteiger partial charge in [0.2, 0.25) is 0 Å². The molecule has 3 rings (SSSR count). The zero-order valence-electron chi connectivity index (χ0n) is 20.0. The lowest BCUT2D eigenvalue weighted by atomic mass is 9.94. The first-order chi connectivity index (χ1) is 15.2. The molecule has 1 atom stereocenters. The van der Waals surface area contributed by atoms with Gasteiger partial charge >= 0.3 is 6.16 Å². The summed E-state index contributed by atoms with van der Waals surface area (Å²) in [6.07, 6.45) is 4.08. The number of carbonyl (C=O) groups excluding carboxylic acids is 1. The molecule has 4 nitrogen and oxygen atoms in total. The van der Waals surface area contributed by atoms with Crippen molar-refractivity contribution in [2.75, 3.05) is 6.61 Å². The van der Waals surface area contributed by atoms with Gasteiger partial charge in [0.1, 0.15) is 11.4 Å². The third kappa shape index (κ3) is 7.59. The molecule has 0 aliphatic heterocycles. The topological polar surface area (TPSA) is 44.8 Å². The zero-order chi connectivity index (χ0) is 23.7. The van der Waals surface area contributed by atoms with Crippen LogP contribution in [-0.4, -0.2) is 18.4 Å². The average Bonchev–Trinajstić information content (AvgIpc) is 2.90. The predicted octanol–water partition coefficient (Wildman–Crippen LogP) is 8.78. The quantitative estimate of drug-likeness (QED) is 0.420. The predicted molar refractivity (Wildman–Crippen MR) is 132 cm³/mol. The third-order valence-electron chi connectivity index (χ3n) is 4.96. The largest absolute Gasteiger partial charge is 0.508 e. The summed E-state index contributed by atoms with van der Waals surface area (Å²) in [6, 6.07) is 13.6. The zero-order valence-corrected chi connectivity index (χ0v) is 20.8. The molecule has 1 aliphatic carbocycles. The van der Waals surface area contributed by atoms with Gasteiger partial charge in [-0.3, -0.25) is 0 Å². The molecule has 0 saturated carbocycles. The molecule has 0 radical (unpaired) electrons. The van der Waals surface area contributed by atoms with Gasteiger partial charge in [0, 0.05) is 12.0 Å². The van der Waals surface area contributed by atoms with E-state index in [-0.39, 0.29) is 6.61 Å². The standard InChI is InChI=1S/C25H29ClO4.C2H6/c1-17-10-11-18(14-15-28-24(27)30-25(2,3)4)16-21-20(17)12-13-22(26)23(21)29-19-8-6-5-7-9-19;1-2/h5-9,12-13,16-17H,10-11,14-15H2,1-4H3;1-2H3. The number of hydrogen-bond acceptors (Lipinski definition) is 4. The van der Waals surface area contributed by atoms with Crippen molar-refractivity contribution in [1.29, 1.82) is 0 Å². The van der Waals surface area contributed by atoms with Gasteiger partial charge in [0.15, 0.2) is 5.75 Å². The van der Waals surface area contributed by atoms with Crippen molar-refractivity contribution in [1.82, 2.24) is 0 Å². The molecule has 0 aromatic heterocycles. The number of halogens is 1. The lowest BCUT2D eigenvalue weighted by Gasteiger charge is -2.19. The lowest BCUT2D eigenvalue weighted by Crippen LogP contribution is -2.24. The molecule has 0 bridgehead atoms. The molecular formula is C27H35ClO4. The number of hydrogen-bond donors (Lipinski definition) is 0. The van der Waals surface area contributed by atoms with Gasteiger partial charge < -0.3 is 14.2 Å². The van der Waals surface area contributed by atoms with Crippen LogP contribution in [0.15, 0.2) is 48.0 Å². The maximum atomic E-state index is 11.8. The number of rotatable bonds is 5. The SMILES string of the molecule is CC.CC1CCC(CCOC(=O)OC(C)(C)C)=Cc2c1ccc(Cl)c2Oc1ccccc1. The molecule has 0 fully saturated rings. The Balaban J connectivity index is 0.00000176. The number of carbonyl (C=O) groups is 1. The van der Waals surface area contributed by atoms with Gasteiger partial charge in [-0.2, -0.15) is 0 Å². The highest BCUT2D eigenvalue weighted by molar-refractivity contribution is 6.32. The fourth-order valence-electron chi connectivity index (χ4n) is 3.45. The number of ether oxygens (including phenoxy) is 3. The summed E-state index contributed by atoms with van der Waals surface area (Å²) < 4.78 is 16.7. The second kappa shape index (κ2) is 12.0. The van der Waals surface area contributed by atoms with Crippen LogP contribution in [0, 0.1) is 0 Å². The number of benzene rings is 2. The Morgan fingerprint density at radius 2 is 1.78 bits per heavy atom. The fraction of sp³-hybridized carbons (Fsp3) is 0.444. The van der Waals surface area contributed by atoms with Crippen LogP contribution < -0.4 is 4.74 Å². The molecule has 2 aromatic rings. The summed E-state index contributed by atoms with van der Waals surface area (Å²) in [6.45, 7) is 11.9. The van der Waals surface area contributed by atoms with Crippen molar-refractivity contribution >= 4 is 23.8 Å². The second-order valence-corrected chi connectivity index (χ2v) is 9.01. The minimum atomic E-state index is -0.637. The van der Waals surface area contributed by atoms with Crippen LogP contribution in [0.1, 0.15) is 77.8 Å². The monoisotopic (exact) mass is 458 g/mol. The Labute approximate surface area is 197 Å². The average molecular weight is 459 g/mol. The Hall–Kier alpha value is -2.46. The van der Waals surface area contributed by atoms with E-state index in [0.29, 0.717) is 23.1 Å². The summed E-state index contributed by atoms with van der Waals surface area (Å²) in [5.74, 6) is 1.78. The van der Waals surface area contributed by atoms with E-state index < -0.39 is 11.8 Å². The molecule has 174 valence electrons. The van der Waals surface area contributed by atoms with Crippen molar-refractivity contribution in [3.8, 4) is 11.5 Å². The molecule has 0 heterocycles. The molecule has 32 heavy (non-hydrogen) atoms. The molecule has 0 N–H and O–H groups in total. The molecule has 2 aromatic carbocycles. The van der Waals surface area contributed by atoms with Gasteiger partial charge in [-0.15, -0.1) is 0 Å². The Morgan fingerprint density at radius 3 is 2.44 bits per heavy atom. The van der Waals surface area contributed by atoms with Crippen LogP contribution in [0.3, 0.4) is 0 Å². The van der Waals surface area contributed by atoms with E-state index in [1.54, 1.807) is 0 Å². The van der Waals surface area contributed by atoms with Gasteiger partial charge in [0.05, 0.1) is 11.6 Å². The van der Waals surface area contributed by atoms with Gasteiger partial charge in [-0.05, 0) is 63.3 Å². The summed E-state index contributed by atoms with van der Waals surface area (Å²) in [4.78, 5) is 11.8. The van der Waals surface area contributed by atoms with Crippen molar-refractivity contribution in [2.45, 2.75) is 72.3 Å². The van der Waals surface area contributed by atoms with Crippen LogP contribution in [0.25, 0.3) is 6.08 Å². The van der Waals surface area contributed by atoms with Crippen molar-refractivity contribution in [3.63, 3.8) is 0 Å². The second-order valence-electron chi connectivity index (χ2n) is 8.60. The van der Waals surface area contributed by atoms with Crippen LogP contribution in [0.2, 0.25) is 5.02 Å². The molecule has 1 unspecified atom stereocenters. The van der Waals surface area contributed by atoms with Crippen LogP contribution in [0.4, 0.5) is 4.79 Å². The Morgan fingerprint density at radius 1 is 1.09 bits per heavy atom. The first-order valence-electron chi connectivity index (χ1n) is 11.3. The van der Waals surface area contributed by atoms with E-state index in [4.69, 9.17) is 25.8 Å². The van der Waals surface area contributed by atoms with E-state index in [1.807, 2.05) is 71.0 Å². The maximum Gasteiger partial charge on any atom is 0.508 e. The third-order valence-corrected chi connectivity index (χ3v) is 5.25. The van der Waals surface area contributed by atoms with Crippen molar-refractivity contribution < 1.29 is 19.0 Å². The Kier molecular flexibility index (Phi) is 9.64. The highest BCUT2D eigenvalue weighted by Gasteiger charge is 2.22. The van der Waals surface area contributed by atoms with Crippen molar-refractivity contribution in [3.05, 3.63) is 64.2 Å². The van der Waals surface area contributed by atoms with Crippen LogP contribution >= 0.6 is 11.6 Å². The van der Waals surface area contributed by atoms with Gasteiger partial charge in [0.25, 0.3) is 0 Å². The van der Waals surface area contributed by atoms with Crippen LogP contribution in [-0.2, 0) is 9.47 Å². The highest BCUT2D eigenvalue weighted by Crippen LogP contribution is 2.42. The van der Waals surface area contributed by atoms with Crippen LogP contribution in [0.5, 0.6) is 11.5 Å². The lowest BCUT2D eigenvalue weighted by molar-refractivity contribution is -0.00666. The maximum absolute atomic E-state index is 11.8. The molecule has 0 amide bonds. The molecule has 5 heteroatoms. The molecular weight excluding hydrogens is 424 g/mol. The minimum Gasteiger partial charge on any atom is -0.455 e. The molecule has 0 spiro atoms. The summed E-state index contributed by atoms with van der Waals surface area (Å²) >= 11 is 6.53. The Bertz CT molecular complexity index is 913. The van der Waals surface area contributed by atoms with Gasteiger partial charge in [-0.1, -0.05) is 68.3 Å².